The summed E-state index contributed by atoms with van der Waals surface area (Å²) in [5.41, 5.74) is 7.39. The normalized spacial score (nSPS) is 12.2. The van der Waals surface area contributed by atoms with Gasteiger partial charge in [0.25, 0.3) is 0 Å². The summed E-state index contributed by atoms with van der Waals surface area (Å²) in [6, 6.07) is 12.4. The molecule has 0 amide bonds. The van der Waals surface area contributed by atoms with Gasteiger partial charge in [-0.2, -0.15) is 0 Å². The van der Waals surface area contributed by atoms with Gasteiger partial charge in [0.1, 0.15) is 18.2 Å². The number of hydrogen-bond acceptors (Lipinski definition) is 2. The van der Waals surface area contributed by atoms with E-state index in [2.05, 4.69) is 0 Å². The van der Waals surface area contributed by atoms with Crippen LogP contribution in [-0.2, 0) is 13.0 Å². The van der Waals surface area contributed by atoms with Gasteiger partial charge < -0.3 is 10.5 Å². The van der Waals surface area contributed by atoms with Gasteiger partial charge in [-0.25, -0.2) is 4.39 Å². The Morgan fingerprint density at radius 3 is 2.67 bits per heavy atom. The maximum absolute atomic E-state index is 13.7. The Kier molecular flexibility index (Phi) is 5.59. The highest BCUT2D eigenvalue weighted by molar-refractivity contribution is 6.31. The summed E-state index contributed by atoms with van der Waals surface area (Å²) in [5.74, 6) is 0.367. The predicted molar refractivity (Wildman–Crippen MR) is 84.2 cm³/mol. The van der Waals surface area contributed by atoms with Crippen LogP contribution in [0.4, 0.5) is 4.39 Å². The van der Waals surface area contributed by atoms with Crippen LogP contribution in [0.3, 0.4) is 0 Å². The molecule has 1 atom stereocenters. The quantitative estimate of drug-likeness (QED) is 0.861. The largest absolute Gasteiger partial charge is 0.488 e. The van der Waals surface area contributed by atoms with Crippen molar-refractivity contribution in [1.82, 2.24) is 0 Å². The zero-order valence-electron chi connectivity index (χ0n) is 12.0. The van der Waals surface area contributed by atoms with Crippen molar-refractivity contribution < 1.29 is 9.13 Å². The number of nitrogens with two attached hydrogens (primary N) is 1. The van der Waals surface area contributed by atoms with Gasteiger partial charge in [0.15, 0.2) is 0 Å². The first-order valence-electron chi connectivity index (χ1n) is 7.01. The molecule has 0 aliphatic heterocycles. The lowest BCUT2D eigenvalue weighted by atomic mass is 10.0. The molecule has 0 saturated carbocycles. The number of benzene rings is 2. The van der Waals surface area contributed by atoms with E-state index in [1.54, 1.807) is 12.1 Å². The zero-order chi connectivity index (χ0) is 15.2. The van der Waals surface area contributed by atoms with Crippen molar-refractivity contribution in [2.45, 2.75) is 32.4 Å². The standard InChI is InChI=1S/C17H19ClFNO/c1-2-13(20)10-12-6-3-4-9-17(12)21-11-14-15(18)7-5-8-16(14)19/h3-9,13H,2,10-11,20H2,1H3. The molecule has 4 heteroatoms. The highest BCUT2D eigenvalue weighted by Gasteiger charge is 2.11. The fraction of sp³-hybridized carbons (Fsp3) is 0.294. The molecule has 0 saturated heterocycles. The summed E-state index contributed by atoms with van der Waals surface area (Å²) in [5, 5.41) is 0.373. The molecule has 2 N–H and O–H groups in total. The molecular formula is C17H19ClFNO. The SMILES string of the molecule is CCC(N)Cc1ccccc1OCc1c(F)cccc1Cl. The molecular weight excluding hydrogens is 289 g/mol. The van der Waals surface area contributed by atoms with Crippen molar-refractivity contribution in [3.63, 3.8) is 0 Å². The molecule has 0 radical (unpaired) electrons. The molecule has 0 aliphatic rings. The minimum absolute atomic E-state index is 0.0896. The number of rotatable bonds is 6. The van der Waals surface area contributed by atoms with Crippen LogP contribution >= 0.6 is 11.6 Å². The van der Waals surface area contributed by atoms with Crippen LogP contribution < -0.4 is 10.5 Å². The number of hydrogen-bond donors (Lipinski definition) is 1. The topological polar surface area (TPSA) is 35.2 Å². The van der Waals surface area contributed by atoms with Crippen LogP contribution in [0.5, 0.6) is 5.75 Å². The van der Waals surface area contributed by atoms with Crippen molar-refractivity contribution in [1.29, 1.82) is 0 Å². The van der Waals surface area contributed by atoms with Gasteiger partial charge in [-0.1, -0.05) is 42.8 Å². The van der Waals surface area contributed by atoms with Gasteiger partial charge in [-0.15, -0.1) is 0 Å². The zero-order valence-corrected chi connectivity index (χ0v) is 12.7. The smallest absolute Gasteiger partial charge is 0.131 e. The minimum Gasteiger partial charge on any atom is -0.488 e. The first kappa shape index (κ1) is 15.8. The summed E-state index contributed by atoms with van der Waals surface area (Å²) in [4.78, 5) is 0. The monoisotopic (exact) mass is 307 g/mol. The van der Waals surface area contributed by atoms with Gasteiger partial charge >= 0.3 is 0 Å². The van der Waals surface area contributed by atoms with E-state index in [-0.39, 0.29) is 18.5 Å². The van der Waals surface area contributed by atoms with Gasteiger partial charge in [-0.05, 0) is 36.6 Å². The van der Waals surface area contributed by atoms with Crippen LogP contribution in [0.25, 0.3) is 0 Å². The number of para-hydroxylation sites is 1. The van der Waals surface area contributed by atoms with E-state index in [1.807, 2.05) is 31.2 Å². The molecule has 2 rings (SSSR count). The lowest BCUT2D eigenvalue weighted by molar-refractivity contribution is 0.296. The minimum atomic E-state index is -0.356. The Balaban J connectivity index is 2.13. The van der Waals surface area contributed by atoms with Crippen LogP contribution in [0.15, 0.2) is 42.5 Å². The van der Waals surface area contributed by atoms with Crippen LogP contribution in [0, 0.1) is 5.82 Å². The van der Waals surface area contributed by atoms with Crippen molar-refractivity contribution >= 4 is 11.6 Å². The fourth-order valence-electron chi connectivity index (χ4n) is 2.06. The van der Waals surface area contributed by atoms with Crippen molar-refractivity contribution in [3.05, 3.63) is 64.4 Å². The second kappa shape index (κ2) is 7.43. The van der Waals surface area contributed by atoms with E-state index in [4.69, 9.17) is 22.1 Å². The number of halogens is 2. The lowest BCUT2D eigenvalue weighted by Gasteiger charge is -2.15. The summed E-state index contributed by atoms with van der Waals surface area (Å²) in [7, 11) is 0. The van der Waals surface area contributed by atoms with Crippen molar-refractivity contribution in [2.75, 3.05) is 0 Å². The molecule has 2 nitrogen and oxygen atoms in total. The van der Waals surface area contributed by atoms with Gasteiger partial charge in [0.2, 0.25) is 0 Å². The summed E-state index contributed by atoms with van der Waals surface area (Å²) < 4.78 is 19.5. The molecule has 0 aliphatic carbocycles. The number of ether oxygens (including phenoxy) is 1. The third-order valence-corrected chi connectivity index (χ3v) is 3.77. The van der Waals surface area contributed by atoms with Gasteiger partial charge in [0, 0.05) is 11.6 Å². The third-order valence-electron chi connectivity index (χ3n) is 3.41. The molecule has 0 bridgehead atoms. The predicted octanol–water partition coefficient (Wildman–Crippen LogP) is 4.34. The molecule has 0 heterocycles. The molecule has 0 spiro atoms. The van der Waals surface area contributed by atoms with E-state index in [0.717, 1.165) is 24.2 Å². The maximum Gasteiger partial charge on any atom is 0.131 e. The first-order chi connectivity index (χ1) is 10.1. The van der Waals surface area contributed by atoms with Crippen LogP contribution in [0.1, 0.15) is 24.5 Å². The third kappa shape index (κ3) is 4.19. The highest BCUT2D eigenvalue weighted by Crippen LogP contribution is 2.24. The molecule has 21 heavy (non-hydrogen) atoms. The fourth-order valence-corrected chi connectivity index (χ4v) is 2.28. The Hall–Kier alpha value is -1.58. The molecule has 2 aromatic rings. The van der Waals surface area contributed by atoms with Crippen LogP contribution in [-0.4, -0.2) is 6.04 Å². The van der Waals surface area contributed by atoms with E-state index >= 15 is 0 Å². The molecule has 112 valence electrons. The highest BCUT2D eigenvalue weighted by atomic mass is 35.5. The second-order valence-electron chi connectivity index (χ2n) is 4.97. The van der Waals surface area contributed by atoms with E-state index < -0.39 is 0 Å². The average Bonchev–Trinajstić information content (AvgIpc) is 2.48. The Bertz CT molecular complexity index is 583. The average molecular weight is 308 g/mol. The molecule has 2 aromatic carbocycles. The Labute approximate surface area is 129 Å². The van der Waals surface area contributed by atoms with E-state index in [0.29, 0.717) is 10.6 Å². The van der Waals surface area contributed by atoms with Crippen molar-refractivity contribution in [3.8, 4) is 5.75 Å². The van der Waals surface area contributed by atoms with Crippen molar-refractivity contribution in [2.24, 2.45) is 5.73 Å². The molecule has 0 aromatic heterocycles. The van der Waals surface area contributed by atoms with Gasteiger partial charge in [-0.3, -0.25) is 0 Å². The van der Waals surface area contributed by atoms with Crippen LogP contribution in [0.2, 0.25) is 5.02 Å². The van der Waals surface area contributed by atoms with E-state index in [1.165, 1.54) is 6.07 Å². The van der Waals surface area contributed by atoms with Gasteiger partial charge in [0.05, 0.1) is 5.02 Å². The second-order valence-corrected chi connectivity index (χ2v) is 5.38. The molecule has 0 fully saturated rings. The summed E-state index contributed by atoms with van der Waals surface area (Å²) in [6.07, 6.45) is 1.63. The molecule has 1 unspecified atom stereocenters. The lowest BCUT2D eigenvalue weighted by Crippen LogP contribution is -2.21. The first-order valence-corrected chi connectivity index (χ1v) is 7.38. The summed E-state index contributed by atoms with van der Waals surface area (Å²) >= 11 is 6.00. The Morgan fingerprint density at radius 2 is 1.95 bits per heavy atom. The Morgan fingerprint density at radius 1 is 1.19 bits per heavy atom. The summed E-state index contributed by atoms with van der Waals surface area (Å²) in [6.45, 7) is 2.15. The maximum atomic E-state index is 13.7. The van der Waals surface area contributed by atoms with E-state index in [9.17, 15) is 4.39 Å².